The summed E-state index contributed by atoms with van der Waals surface area (Å²) < 4.78 is 18.5. The molecule has 0 bridgehead atoms. The maximum absolute atomic E-state index is 13.4. The quantitative estimate of drug-likeness (QED) is 0.466. The second-order valence-corrected chi connectivity index (χ2v) is 4.92. The van der Waals surface area contributed by atoms with Crippen molar-refractivity contribution < 1.29 is 18.8 Å². The summed E-state index contributed by atoms with van der Waals surface area (Å²) in [6.07, 6.45) is 0. The Kier molecular flexibility index (Phi) is 4.64. The summed E-state index contributed by atoms with van der Waals surface area (Å²) in [7, 11) is 0. The van der Waals surface area contributed by atoms with Gasteiger partial charge in [-0.1, -0.05) is 30.3 Å². The molecule has 0 aliphatic heterocycles. The highest BCUT2D eigenvalue weighted by Gasteiger charge is 2.20. The minimum Gasteiger partial charge on any atom is -0.478 e. The summed E-state index contributed by atoms with van der Waals surface area (Å²) in [5.74, 6) is -1.35. The fourth-order valence-electron chi connectivity index (χ4n) is 1.63. The van der Waals surface area contributed by atoms with Gasteiger partial charge in [0.1, 0.15) is 5.82 Å². The van der Waals surface area contributed by atoms with Crippen LogP contribution in [0.5, 0.6) is 5.75 Å². The minimum atomic E-state index is -0.706. The highest BCUT2D eigenvalue weighted by Crippen LogP contribution is 2.32. The second kappa shape index (κ2) is 6.45. The lowest BCUT2D eigenvalue weighted by molar-refractivity contribution is -0.385. The fourth-order valence-corrected chi connectivity index (χ4v) is 1.96. The van der Waals surface area contributed by atoms with Gasteiger partial charge in [-0.15, -0.1) is 0 Å². The Balaban J connectivity index is 2.18. The van der Waals surface area contributed by atoms with Gasteiger partial charge in [-0.3, -0.25) is 14.9 Å². The van der Waals surface area contributed by atoms with Crippen LogP contribution >= 0.6 is 15.9 Å². The van der Waals surface area contributed by atoms with Crippen LogP contribution in [0.2, 0.25) is 0 Å². The molecule has 2 aromatic carbocycles. The molecule has 0 fully saturated rings. The predicted molar refractivity (Wildman–Crippen MR) is 77.0 cm³/mol. The standard InChI is InChI=1S/C14H9BrFNO4/c15-10-6-12(17(19)20)14(7-11(10)16)21-8-13(18)9-4-2-1-3-5-9/h1-7H,8H2. The molecular formula is C14H9BrFNO4. The Hall–Kier alpha value is -2.28. The van der Waals surface area contributed by atoms with Crippen LogP contribution in [0.1, 0.15) is 10.4 Å². The molecule has 0 spiro atoms. The van der Waals surface area contributed by atoms with Crippen molar-refractivity contribution in [2.24, 2.45) is 0 Å². The van der Waals surface area contributed by atoms with Gasteiger partial charge in [0.25, 0.3) is 0 Å². The first kappa shape index (κ1) is 15.1. The predicted octanol–water partition coefficient (Wildman–Crippen LogP) is 3.76. The van der Waals surface area contributed by atoms with Crippen LogP contribution < -0.4 is 4.74 Å². The number of carbonyl (C=O) groups is 1. The topological polar surface area (TPSA) is 69.4 Å². The van der Waals surface area contributed by atoms with Crippen LogP contribution in [0.4, 0.5) is 10.1 Å². The first-order valence-corrected chi connectivity index (χ1v) is 6.63. The van der Waals surface area contributed by atoms with Gasteiger partial charge in [0.15, 0.2) is 12.4 Å². The Bertz CT molecular complexity index is 691. The van der Waals surface area contributed by atoms with E-state index in [2.05, 4.69) is 15.9 Å². The Morgan fingerprint density at radius 2 is 1.95 bits per heavy atom. The third-order valence-electron chi connectivity index (χ3n) is 2.65. The summed E-state index contributed by atoms with van der Waals surface area (Å²) in [4.78, 5) is 22.0. The van der Waals surface area contributed by atoms with E-state index in [1.165, 1.54) is 0 Å². The van der Waals surface area contributed by atoms with E-state index in [4.69, 9.17) is 4.74 Å². The van der Waals surface area contributed by atoms with Gasteiger partial charge in [0.05, 0.1) is 9.40 Å². The zero-order valence-corrected chi connectivity index (χ0v) is 12.2. The molecule has 108 valence electrons. The van der Waals surface area contributed by atoms with Crippen molar-refractivity contribution in [1.29, 1.82) is 0 Å². The molecule has 0 radical (unpaired) electrons. The number of benzene rings is 2. The molecule has 0 aromatic heterocycles. The van der Waals surface area contributed by atoms with Crippen molar-refractivity contribution in [3.05, 3.63) is 68.4 Å². The van der Waals surface area contributed by atoms with E-state index in [0.717, 1.165) is 12.1 Å². The van der Waals surface area contributed by atoms with E-state index >= 15 is 0 Å². The number of nitro groups is 1. The molecule has 5 nitrogen and oxygen atoms in total. The lowest BCUT2D eigenvalue weighted by Gasteiger charge is -2.07. The summed E-state index contributed by atoms with van der Waals surface area (Å²) in [6, 6.07) is 10.2. The number of halogens is 2. The molecular weight excluding hydrogens is 345 g/mol. The van der Waals surface area contributed by atoms with Crippen LogP contribution in [-0.2, 0) is 0 Å². The van der Waals surface area contributed by atoms with Crippen molar-refractivity contribution >= 4 is 27.4 Å². The van der Waals surface area contributed by atoms with E-state index < -0.39 is 23.0 Å². The molecule has 0 saturated heterocycles. The summed E-state index contributed by atoms with van der Waals surface area (Å²) in [5, 5.41) is 10.9. The van der Waals surface area contributed by atoms with Crippen molar-refractivity contribution in [3.8, 4) is 5.75 Å². The zero-order chi connectivity index (χ0) is 15.4. The molecule has 0 aliphatic rings. The smallest absolute Gasteiger partial charge is 0.312 e. The van der Waals surface area contributed by atoms with Gasteiger partial charge in [-0.2, -0.15) is 0 Å². The number of nitro benzene ring substituents is 1. The van der Waals surface area contributed by atoms with Gasteiger partial charge in [-0.05, 0) is 15.9 Å². The second-order valence-electron chi connectivity index (χ2n) is 4.07. The highest BCUT2D eigenvalue weighted by atomic mass is 79.9. The number of hydrogen-bond donors (Lipinski definition) is 0. The van der Waals surface area contributed by atoms with Gasteiger partial charge in [0, 0.05) is 17.7 Å². The van der Waals surface area contributed by atoms with Crippen LogP contribution in [-0.4, -0.2) is 17.3 Å². The number of ketones is 1. The Morgan fingerprint density at radius 3 is 2.57 bits per heavy atom. The van der Waals surface area contributed by atoms with Crippen molar-refractivity contribution in [2.75, 3.05) is 6.61 Å². The third kappa shape index (κ3) is 3.63. The molecule has 0 amide bonds. The number of ether oxygens (including phenoxy) is 1. The molecule has 0 N–H and O–H groups in total. The highest BCUT2D eigenvalue weighted by molar-refractivity contribution is 9.10. The molecule has 0 aliphatic carbocycles. The van der Waals surface area contributed by atoms with Crippen LogP contribution in [0, 0.1) is 15.9 Å². The van der Waals surface area contributed by atoms with Crippen LogP contribution in [0.15, 0.2) is 46.9 Å². The molecule has 0 atom stereocenters. The summed E-state index contributed by atoms with van der Waals surface area (Å²) in [5.41, 5.74) is 0.00173. The molecule has 0 saturated carbocycles. The van der Waals surface area contributed by atoms with Gasteiger partial charge in [0.2, 0.25) is 5.75 Å². The van der Waals surface area contributed by atoms with Crippen molar-refractivity contribution in [1.82, 2.24) is 0 Å². The molecule has 21 heavy (non-hydrogen) atoms. The fraction of sp³-hybridized carbons (Fsp3) is 0.0714. The molecule has 7 heteroatoms. The first-order chi connectivity index (χ1) is 9.99. The maximum atomic E-state index is 13.4. The maximum Gasteiger partial charge on any atom is 0.312 e. The lowest BCUT2D eigenvalue weighted by atomic mass is 10.1. The first-order valence-electron chi connectivity index (χ1n) is 5.83. The number of carbonyl (C=O) groups excluding carboxylic acids is 1. The number of hydrogen-bond acceptors (Lipinski definition) is 4. The lowest BCUT2D eigenvalue weighted by Crippen LogP contribution is -2.12. The monoisotopic (exact) mass is 353 g/mol. The molecule has 0 unspecified atom stereocenters. The zero-order valence-electron chi connectivity index (χ0n) is 10.6. The van der Waals surface area contributed by atoms with Gasteiger partial charge < -0.3 is 4.74 Å². The van der Waals surface area contributed by atoms with E-state index in [1.807, 2.05) is 0 Å². The van der Waals surface area contributed by atoms with Crippen LogP contribution in [0.3, 0.4) is 0 Å². The Morgan fingerprint density at radius 1 is 1.29 bits per heavy atom. The van der Waals surface area contributed by atoms with Crippen molar-refractivity contribution in [3.63, 3.8) is 0 Å². The van der Waals surface area contributed by atoms with Crippen LogP contribution in [0.25, 0.3) is 0 Å². The van der Waals surface area contributed by atoms with Gasteiger partial charge >= 0.3 is 5.69 Å². The average molecular weight is 354 g/mol. The summed E-state index contributed by atoms with van der Waals surface area (Å²) >= 11 is 2.86. The van der Waals surface area contributed by atoms with E-state index in [0.29, 0.717) is 5.56 Å². The number of nitrogens with zero attached hydrogens (tertiary/aromatic N) is 1. The van der Waals surface area contributed by atoms with E-state index in [-0.39, 0.29) is 16.0 Å². The molecule has 2 rings (SSSR count). The van der Waals surface area contributed by atoms with Gasteiger partial charge in [-0.25, -0.2) is 4.39 Å². The SMILES string of the molecule is O=C(COc1cc(F)c(Br)cc1[N+](=O)[O-])c1ccccc1. The third-order valence-corrected chi connectivity index (χ3v) is 3.26. The largest absolute Gasteiger partial charge is 0.478 e. The van der Waals surface area contributed by atoms with Crippen molar-refractivity contribution in [2.45, 2.75) is 0 Å². The average Bonchev–Trinajstić information content (AvgIpc) is 2.48. The number of Topliss-reactive ketones (excluding diaryl/α,β-unsaturated/α-hetero) is 1. The van der Waals surface area contributed by atoms with E-state index in [1.54, 1.807) is 30.3 Å². The molecule has 0 heterocycles. The Labute approximate surface area is 127 Å². The molecule has 2 aromatic rings. The number of rotatable bonds is 5. The normalized spacial score (nSPS) is 10.2. The van der Waals surface area contributed by atoms with E-state index in [9.17, 15) is 19.3 Å². The minimum absolute atomic E-state index is 0.0454. The summed E-state index contributed by atoms with van der Waals surface area (Å²) in [6.45, 7) is -0.411.